The smallest absolute Gasteiger partial charge is 0.255 e. The van der Waals surface area contributed by atoms with Gasteiger partial charge in [-0.1, -0.05) is 35.9 Å². The van der Waals surface area contributed by atoms with Gasteiger partial charge in [-0.2, -0.15) is 0 Å². The lowest BCUT2D eigenvalue weighted by atomic mass is 9.57. The van der Waals surface area contributed by atoms with Gasteiger partial charge in [0.05, 0.1) is 11.6 Å². The minimum absolute atomic E-state index is 0.0503. The fraction of sp³-hybridized carbons (Fsp3) is 0.321. The molecule has 1 saturated carbocycles. The molecule has 0 spiro atoms. The summed E-state index contributed by atoms with van der Waals surface area (Å²) in [4.78, 5) is 40.6. The summed E-state index contributed by atoms with van der Waals surface area (Å²) in [6.45, 7) is 1.95. The zero-order valence-electron chi connectivity index (χ0n) is 20.6. The van der Waals surface area contributed by atoms with Gasteiger partial charge in [-0.25, -0.2) is 0 Å². The number of aromatic hydroxyl groups is 1. The SMILES string of the molecule is Cc1cccc(-c2ccc(O)c3c2CC2CC4[C@H](N(C)C)C(=O)C(C(N)=O)=C(O)[C@@]4(O)C(=O)C2=C3O)c1. The van der Waals surface area contributed by atoms with Crippen LogP contribution in [-0.4, -0.2) is 68.5 Å². The van der Waals surface area contributed by atoms with E-state index in [1.54, 1.807) is 20.2 Å². The number of likely N-dealkylation sites (N-methyl/N-ethyl adjacent to an activating group) is 1. The number of hydrogen-bond acceptors (Lipinski definition) is 8. The van der Waals surface area contributed by atoms with Gasteiger partial charge < -0.3 is 26.2 Å². The maximum atomic E-state index is 13.9. The number of nitrogens with two attached hydrogens (primary N) is 1. The third-order valence-corrected chi connectivity index (χ3v) is 7.93. The van der Waals surface area contributed by atoms with E-state index in [9.17, 15) is 34.8 Å². The van der Waals surface area contributed by atoms with Crippen LogP contribution in [0.15, 0.2) is 53.3 Å². The molecule has 192 valence electrons. The van der Waals surface area contributed by atoms with E-state index in [0.717, 1.165) is 16.7 Å². The van der Waals surface area contributed by atoms with E-state index in [0.29, 0.717) is 5.56 Å². The van der Waals surface area contributed by atoms with Crippen molar-refractivity contribution in [1.82, 2.24) is 4.90 Å². The summed E-state index contributed by atoms with van der Waals surface area (Å²) in [6.07, 6.45) is 0.293. The topological polar surface area (TPSA) is 161 Å². The van der Waals surface area contributed by atoms with Crippen LogP contribution in [-0.2, 0) is 20.8 Å². The number of carbonyl (C=O) groups excluding carboxylic acids is 3. The van der Waals surface area contributed by atoms with Crippen LogP contribution in [0.25, 0.3) is 16.9 Å². The van der Waals surface area contributed by atoms with Gasteiger partial charge in [-0.3, -0.25) is 19.3 Å². The number of primary amides is 1. The number of aliphatic hydroxyl groups is 3. The minimum Gasteiger partial charge on any atom is -0.508 e. The van der Waals surface area contributed by atoms with Gasteiger partial charge in [0, 0.05) is 11.5 Å². The lowest BCUT2D eigenvalue weighted by molar-refractivity contribution is -0.153. The van der Waals surface area contributed by atoms with Gasteiger partial charge >= 0.3 is 0 Å². The number of hydrogen-bond donors (Lipinski definition) is 5. The molecule has 0 radical (unpaired) electrons. The Bertz CT molecular complexity index is 1450. The fourth-order valence-electron chi connectivity index (χ4n) is 6.33. The molecule has 6 N–H and O–H groups in total. The molecular weight excluding hydrogens is 476 g/mol. The Hall–Kier alpha value is -3.95. The Balaban J connectivity index is 1.75. The van der Waals surface area contributed by atoms with E-state index >= 15 is 0 Å². The van der Waals surface area contributed by atoms with Crippen molar-refractivity contribution in [2.75, 3.05) is 14.1 Å². The van der Waals surface area contributed by atoms with E-state index in [4.69, 9.17) is 5.73 Å². The maximum Gasteiger partial charge on any atom is 0.255 e. The molecule has 0 bridgehead atoms. The standard InChI is InChI=1S/C28H28N2O7/c1-12-5-4-6-13(9-12)15-7-8-18(31)20-16(15)10-14-11-17-22(30(2)3)24(33)21(27(29)36)26(35)28(17,37)25(34)19(14)23(20)32/h4-9,14,17,22,31-32,35,37H,10-11H2,1-3H3,(H2,29,36)/t14?,17?,22-,28-/m0/s1. The fourth-order valence-corrected chi connectivity index (χ4v) is 6.33. The van der Waals surface area contributed by atoms with E-state index in [1.807, 2.05) is 31.2 Å². The second kappa shape index (κ2) is 8.29. The van der Waals surface area contributed by atoms with Crippen LogP contribution in [0.2, 0.25) is 0 Å². The van der Waals surface area contributed by atoms with Crippen LogP contribution < -0.4 is 5.73 Å². The highest BCUT2D eigenvalue weighted by Gasteiger charge is 2.64. The number of carbonyl (C=O) groups is 3. The van der Waals surface area contributed by atoms with Gasteiger partial charge in [0.25, 0.3) is 5.91 Å². The van der Waals surface area contributed by atoms with E-state index < -0.39 is 58.0 Å². The molecule has 0 heterocycles. The molecule has 3 aliphatic rings. The number of fused-ring (bicyclic) bond motifs is 3. The Morgan fingerprint density at radius 3 is 2.43 bits per heavy atom. The number of rotatable bonds is 3. The minimum atomic E-state index is -2.64. The number of Topliss-reactive ketones (excluding diaryl/α,β-unsaturated/α-hetero) is 2. The van der Waals surface area contributed by atoms with E-state index in [2.05, 4.69) is 0 Å². The Kier molecular flexibility index (Phi) is 5.54. The number of amides is 1. The van der Waals surface area contributed by atoms with Crippen molar-refractivity contribution in [3.05, 3.63) is 70.0 Å². The highest BCUT2D eigenvalue weighted by atomic mass is 16.3. The number of aryl methyl sites for hydroxylation is 1. The van der Waals surface area contributed by atoms with Crippen molar-refractivity contribution < 1.29 is 34.8 Å². The summed E-state index contributed by atoms with van der Waals surface area (Å²) in [5, 5.41) is 44.6. The molecule has 2 unspecified atom stereocenters. The number of aliphatic hydroxyl groups excluding tert-OH is 2. The number of phenols is 1. The first-order chi connectivity index (χ1) is 17.4. The summed E-state index contributed by atoms with van der Waals surface area (Å²) in [6, 6.07) is 9.82. The molecule has 2 aromatic rings. The number of ketones is 2. The quantitative estimate of drug-likeness (QED) is 0.396. The van der Waals surface area contributed by atoms with Gasteiger partial charge in [-0.15, -0.1) is 0 Å². The van der Waals surface area contributed by atoms with Crippen molar-refractivity contribution in [2.45, 2.75) is 31.4 Å². The van der Waals surface area contributed by atoms with Crippen molar-refractivity contribution in [3.63, 3.8) is 0 Å². The largest absolute Gasteiger partial charge is 0.508 e. The average Bonchev–Trinajstić information content (AvgIpc) is 2.81. The Labute approximate surface area is 213 Å². The van der Waals surface area contributed by atoms with Crippen LogP contribution >= 0.6 is 0 Å². The molecule has 0 aromatic heterocycles. The highest BCUT2D eigenvalue weighted by Crippen LogP contribution is 2.53. The zero-order valence-corrected chi connectivity index (χ0v) is 20.6. The van der Waals surface area contributed by atoms with E-state index in [-0.39, 0.29) is 29.7 Å². The molecule has 1 amide bonds. The van der Waals surface area contributed by atoms with Crippen molar-refractivity contribution in [2.24, 2.45) is 17.6 Å². The first kappa shape index (κ1) is 24.7. The summed E-state index contributed by atoms with van der Waals surface area (Å²) >= 11 is 0. The van der Waals surface area contributed by atoms with Crippen LogP contribution in [0.1, 0.15) is 23.1 Å². The Morgan fingerprint density at radius 1 is 1.11 bits per heavy atom. The number of benzene rings is 2. The lowest BCUT2D eigenvalue weighted by Crippen LogP contribution is -2.65. The molecule has 5 rings (SSSR count). The van der Waals surface area contributed by atoms with Gasteiger partial charge in [0.2, 0.25) is 5.78 Å². The molecular formula is C28H28N2O7. The molecule has 0 aliphatic heterocycles. The van der Waals surface area contributed by atoms with Crippen LogP contribution in [0.4, 0.5) is 0 Å². The third-order valence-electron chi connectivity index (χ3n) is 7.93. The molecule has 9 heteroatoms. The summed E-state index contributed by atoms with van der Waals surface area (Å²) < 4.78 is 0. The summed E-state index contributed by atoms with van der Waals surface area (Å²) in [7, 11) is 3.14. The number of nitrogens with zero attached hydrogens (tertiary/aromatic N) is 1. The third kappa shape index (κ3) is 3.34. The maximum absolute atomic E-state index is 13.9. The monoisotopic (exact) mass is 504 g/mol. The van der Waals surface area contributed by atoms with Crippen molar-refractivity contribution >= 4 is 23.2 Å². The molecule has 2 aromatic carbocycles. The lowest BCUT2D eigenvalue weighted by Gasteiger charge is -2.50. The second-order valence-corrected chi connectivity index (χ2v) is 10.3. The van der Waals surface area contributed by atoms with Gasteiger partial charge in [0.1, 0.15) is 22.8 Å². The number of phenolic OH excluding ortho intramolecular Hbond substituents is 1. The van der Waals surface area contributed by atoms with Crippen LogP contribution in [0, 0.1) is 18.8 Å². The van der Waals surface area contributed by atoms with Crippen LogP contribution in [0.3, 0.4) is 0 Å². The molecule has 37 heavy (non-hydrogen) atoms. The normalized spacial score (nSPS) is 27.2. The summed E-state index contributed by atoms with van der Waals surface area (Å²) in [5.74, 6) is -6.61. The Morgan fingerprint density at radius 2 is 1.81 bits per heavy atom. The van der Waals surface area contributed by atoms with E-state index in [1.165, 1.54) is 11.0 Å². The molecule has 4 atom stereocenters. The highest BCUT2D eigenvalue weighted by molar-refractivity contribution is 6.24. The first-order valence-electron chi connectivity index (χ1n) is 12.0. The second-order valence-electron chi connectivity index (χ2n) is 10.3. The van der Waals surface area contributed by atoms with Crippen LogP contribution in [0.5, 0.6) is 5.75 Å². The first-order valence-corrected chi connectivity index (χ1v) is 12.0. The average molecular weight is 505 g/mol. The van der Waals surface area contributed by atoms with Crippen molar-refractivity contribution in [1.29, 1.82) is 0 Å². The predicted octanol–water partition coefficient (Wildman–Crippen LogP) is 1.94. The van der Waals surface area contributed by atoms with Gasteiger partial charge in [0.15, 0.2) is 11.4 Å². The molecule has 3 aliphatic carbocycles. The zero-order chi connectivity index (χ0) is 27.0. The molecule has 0 saturated heterocycles. The predicted molar refractivity (Wildman–Crippen MR) is 134 cm³/mol. The summed E-state index contributed by atoms with van der Waals surface area (Å²) in [5.41, 5.74) is 5.10. The molecule has 9 nitrogen and oxygen atoms in total. The van der Waals surface area contributed by atoms with Crippen molar-refractivity contribution in [3.8, 4) is 16.9 Å². The molecule has 1 fully saturated rings. The van der Waals surface area contributed by atoms with Gasteiger partial charge in [-0.05, 0) is 62.5 Å².